The highest BCUT2D eigenvalue weighted by atomic mass is 16.5. The van der Waals surface area contributed by atoms with Gasteiger partial charge >= 0.3 is 0 Å². The molecule has 0 saturated carbocycles. The van der Waals surface area contributed by atoms with E-state index < -0.39 is 35.1 Å². The van der Waals surface area contributed by atoms with E-state index >= 15 is 0 Å². The second kappa shape index (κ2) is 11.3. The first kappa shape index (κ1) is 28.3. The predicted molar refractivity (Wildman–Crippen MR) is 151 cm³/mol. The molecule has 3 N–H and O–H groups in total. The number of aliphatic hydroxyl groups excluding tert-OH is 1. The topological polar surface area (TPSA) is 108 Å². The number of likely N-dealkylation sites (tertiary alicyclic amines) is 1. The summed E-state index contributed by atoms with van der Waals surface area (Å²) < 4.78 is 6.80. The number of carbonyl (C=O) groups excluding carboxylic acids is 3. The number of fused-ring (bicyclic) bond motifs is 1. The molecule has 3 amide bonds. The number of ether oxygens (including phenoxy) is 1. The molecule has 8 nitrogen and oxygen atoms in total. The smallest absolute Gasteiger partial charge is 0.245 e. The van der Waals surface area contributed by atoms with Crippen molar-refractivity contribution in [2.45, 2.75) is 76.3 Å². The lowest BCUT2D eigenvalue weighted by atomic mass is 9.62. The molecule has 3 aliphatic rings. The van der Waals surface area contributed by atoms with Gasteiger partial charge in [0.15, 0.2) is 0 Å². The lowest BCUT2D eigenvalue weighted by molar-refractivity contribution is -0.151. The Labute approximate surface area is 236 Å². The van der Waals surface area contributed by atoms with Crippen LogP contribution in [0.4, 0.5) is 0 Å². The fraction of sp³-hybridized carbons (Fsp3) is 0.531. The van der Waals surface area contributed by atoms with E-state index in [-0.39, 0.29) is 30.2 Å². The molecule has 2 bridgehead atoms. The summed E-state index contributed by atoms with van der Waals surface area (Å²) in [7, 11) is 0. The Morgan fingerprint density at radius 3 is 2.38 bits per heavy atom. The standard InChI is InChI=1S/C32H41N3O5/c1-4-5-12-17-33-29(38)27-32-18-21(2)31(3,40-32)25(28(37)34-19-22-13-8-6-9-14-22)26(32)30(39)35(27)24(20-36)23-15-10-7-11-16-23/h6-11,13-16,21,24-27,36H,4-5,12,17-20H2,1-3H3,(H,33,38)(H,34,37)/t21?,24-,25+,26+,27?,31-,32?/m1/s1. The Morgan fingerprint density at radius 2 is 1.73 bits per heavy atom. The summed E-state index contributed by atoms with van der Waals surface area (Å²) >= 11 is 0. The summed E-state index contributed by atoms with van der Waals surface area (Å²) in [5.74, 6) is -2.49. The Morgan fingerprint density at radius 1 is 1.05 bits per heavy atom. The number of rotatable bonds is 11. The number of nitrogens with one attached hydrogen (secondary N) is 2. The fourth-order valence-electron chi connectivity index (χ4n) is 7.32. The Kier molecular flexibility index (Phi) is 8.02. The normalized spacial score (nSPS) is 31.2. The van der Waals surface area contributed by atoms with Crippen molar-refractivity contribution in [2.75, 3.05) is 13.2 Å². The zero-order valence-electron chi connectivity index (χ0n) is 23.6. The molecule has 3 fully saturated rings. The van der Waals surface area contributed by atoms with Crippen LogP contribution in [0.1, 0.15) is 63.6 Å². The van der Waals surface area contributed by atoms with Crippen molar-refractivity contribution >= 4 is 17.7 Å². The first-order chi connectivity index (χ1) is 19.3. The molecular formula is C32H41N3O5. The van der Waals surface area contributed by atoms with Gasteiger partial charge in [0.25, 0.3) is 0 Å². The van der Waals surface area contributed by atoms with E-state index in [1.807, 2.05) is 74.5 Å². The van der Waals surface area contributed by atoms with E-state index in [9.17, 15) is 19.5 Å². The second-order valence-corrected chi connectivity index (χ2v) is 11.8. The maximum atomic E-state index is 14.4. The van der Waals surface area contributed by atoms with Gasteiger partial charge in [-0.1, -0.05) is 87.4 Å². The number of unbranched alkanes of at least 4 members (excludes halogenated alkanes) is 2. The van der Waals surface area contributed by atoms with Crippen LogP contribution in [0.2, 0.25) is 0 Å². The van der Waals surface area contributed by atoms with E-state index in [0.717, 1.165) is 30.4 Å². The summed E-state index contributed by atoms with van der Waals surface area (Å²) in [5.41, 5.74) is -0.356. The first-order valence-electron chi connectivity index (χ1n) is 14.6. The number of hydrogen-bond acceptors (Lipinski definition) is 5. The van der Waals surface area contributed by atoms with Gasteiger partial charge in [0.2, 0.25) is 17.7 Å². The minimum Gasteiger partial charge on any atom is -0.394 e. The zero-order valence-corrected chi connectivity index (χ0v) is 23.6. The van der Waals surface area contributed by atoms with Crippen molar-refractivity contribution in [2.24, 2.45) is 17.8 Å². The van der Waals surface area contributed by atoms with E-state index in [1.165, 1.54) is 4.90 Å². The molecule has 40 heavy (non-hydrogen) atoms. The molecule has 2 aromatic rings. The molecule has 2 aromatic carbocycles. The molecule has 3 aliphatic heterocycles. The fourth-order valence-corrected chi connectivity index (χ4v) is 7.32. The monoisotopic (exact) mass is 547 g/mol. The highest BCUT2D eigenvalue weighted by Crippen LogP contribution is 2.65. The molecular weight excluding hydrogens is 506 g/mol. The third-order valence-corrected chi connectivity index (χ3v) is 9.37. The summed E-state index contributed by atoms with van der Waals surface area (Å²) in [5, 5.41) is 16.7. The molecule has 214 valence electrons. The van der Waals surface area contributed by atoms with Crippen LogP contribution in [-0.4, -0.2) is 58.1 Å². The molecule has 0 aromatic heterocycles. The number of benzene rings is 2. The number of nitrogens with zero attached hydrogens (tertiary/aromatic N) is 1. The molecule has 7 atom stereocenters. The van der Waals surface area contributed by atoms with Crippen LogP contribution in [0.5, 0.6) is 0 Å². The Balaban J connectivity index is 1.52. The third-order valence-electron chi connectivity index (χ3n) is 9.37. The molecule has 8 heteroatoms. The summed E-state index contributed by atoms with van der Waals surface area (Å²) in [4.78, 5) is 43.8. The van der Waals surface area contributed by atoms with E-state index in [0.29, 0.717) is 19.5 Å². The summed E-state index contributed by atoms with van der Waals surface area (Å²) in [6.45, 7) is 6.52. The zero-order chi connectivity index (χ0) is 28.5. The van der Waals surface area contributed by atoms with Crippen molar-refractivity contribution < 1.29 is 24.2 Å². The van der Waals surface area contributed by atoms with Gasteiger partial charge in [-0.25, -0.2) is 0 Å². The van der Waals surface area contributed by atoms with Gasteiger partial charge < -0.3 is 25.4 Å². The minimum atomic E-state index is -1.16. The van der Waals surface area contributed by atoms with Gasteiger partial charge in [-0.3, -0.25) is 14.4 Å². The molecule has 5 rings (SSSR count). The largest absolute Gasteiger partial charge is 0.394 e. The van der Waals surface area contributed by atoms with Crippen LogP contribution >= 0.6 is 0 Å². The Bertz CT molecular complexity index is 1220. The summed E-state index contributed by atoms with van der Waals surface area (Å²) in [6.07, 6.45) is 3.33. The van der Waals surface area contributed by atoms with Crippen LogP contribution < -0.4 is 10.6 Å². The van der Waals surface area contributed by atoms with Crippen molar-refractivity contribution in [1.29, 1.82) is 0 Å². The number of hydrogen-bond donors (Lipinski definition) is 3. The lowest BCUT2D eigenvalue weighted by Gasteiger charge is -2.37. The SMILES string of the molecule is CCCCCNC(=O)C1N([C@H](CO)c2ccccc2)C(=O)[C@@H]2[C@@H](C(=O)NCc3ccccc3)[C@]3(C)OC12CC3C. The molecule has 3 heterocycles. The van der Waals surface area contributed by atoms with Gasteiger partial charge in [-0.05, 0) is 36.8 Å². The van der Waals surface area contributed by atoms with Gasteiger partial charge in [-0.15, -0.1) is 0 Å². The minimum absolute atomic E-state index is 0.0522. The molecule has 3 saturated heterocycles. The van der Waals surface area contributed by atoms with E-state index in [2.05, 4.69) is 17.6 Å². The Hall–Kier alpha value is -3.23. The predicted octanol–water partition coefficient (Wildman–Crippen LogP) is 3.35. The average molecular weight is 548 g/mol. The van der Waals surface area contributed by atoms with Crippen LogP contribution in [0.3, 0.4) is 0 Å². The lowest BCUT2D eigenvalue weighted by Crippen LogP contribution is -2.56. The van der Waals surface area contributed by atoms with Crippen LogP contribution in [0, 0.1) is 17.8 Å². The van der Waals surface area contributed by atoms with Crippen LogP contribution in [-0.2, 0) is 25.7 Å². The first-order valence-corrected chi connectivity index (χ1v) is 14.6. The number of amides is 3. The quantitative estimate of drug-likeness (QED) is 0.374. The average Bonchev–Trinajstić information content (AvgIpc) is 3.48. The van der Waals surface area contributed by atoms with Gasteiger partial charge in [0.1, 0.15) is 11.6 Å². The number of carbonyl (C=O) groups is 3. The molecule has 0 aliphatic carbocycles. The van der Waals surface area contributed by atoms with Crippen molar-refractivity contribution in [3.8, 4) is 0 Å². The van der Waals surface area contributed by atoms with Gasteiger partial charge in [0.05, 0.1) is 30.1 Å². The maximum absolute atomic E-state index is 14.4. The van der Waals surface area contributed by atoms with E-state index in [4.69, 9.17) is 4.74 Å². The maximum Gasteiger partial charge on any atom is 0.245 e. The molecule has 3 unspecified atom stereocenters. The third kappa shape index (κ3) is 4.61. The van der Waals surface area contributed by atoms with E-state index in [1.54, 1.807) is 0 Å². The van der Waals surface area contributed by atoms with Crippen molar-refractivity contribution in [3.05, 3.63) is 71.8 Å². The summed E-state index contributed by atoms with van der Waals surface area (Å²) in [6, 6.07) is 17.2. The van der Waals surface area contributed by atoms with Gasteiger partial charge in [-0.2, -0.15) is 0 Å². The second-order valence-electron chi connectivity index (χ2n) is 11.8. The molecule has 0 radical (unpaired) electrons. The number of aliphatic hydroxyl groups is 1. The molecule has 1 spiro atoms. The van der Waals surface area contributed by atoms with Crippen molar-refractivity contribution in [3.63, 3.8) is 0 Å². The highest BCUT2D eigenvalue weighted by Gasteiger charge is 2.80. The van der Waals surface area contributed by atoms with Crippen LogP contribution in [0.25, 0.3) is 0 Å². The van der Waals surface area contributed by atoms with Crippen molar-refractivity contribution in [1.82, 2.24) is 15.5 Å². The van der Waals surface area contributed by atoms with Gasteiger partial charge in [0, 0.05) is 13.1 Å². The highest BCUT2D eigenvalue weighted by molar-refractivity contribution is 5.99. The van der Waals surface area contributed by atoms with Crippen LogP contribution in [0.15, 0.2) is 60.7 Å².